The topological polar surface area (TPSA) is 83.5 Å². The first kappa shape index (κ1) is 23.5. The lowest BCUT2D eigenvalue weighted by Gasteiger charge is -2.13. The molecule has 0 unspecified atom stereocenters. The lowest BCUT2D eigenvalue weighted by atomic mass is 9.99. The number of anilines is 1. The smallest absolute Gasteiger partial charge is 0.335 e. The maximum absolute atomic E-state index is 12.9. The second kappa shape index (κ2) is 11.0. The molecular formula is C26H29NO4S. The van der Waals surface area contributed by atoms with Gasteiger partial charge >= 0.3 is 5.97 Å². The molecule has 3 rings (SSSR count). The third kappa shape index (κ3) is 6.20. The van der Waals surface area contributed by atoms with Crippen molar-refractivity contribution in [1.82, 2.24) is 0 Å². The molecule has 0 aliphatic heterocycles. The van der Waals surface area contributed by atoms with Gasteiger partial charge < -0.3 is 5.11 Å². The van der Waals surface area contributed by atoms with E-state index >= 15 is 0 Å². The van der Waals surface area contributed by atoms with Crippen molar-refractivity contribution in [3.8, 4) is 0 Å². The minimum absolute atomic E-state index is 0.239. The molecule has 0 aliphatic carbocycles. The monoisotopic (exact) mass is 451 g/mol. The predicted octanol–water partition coefficient (Wildman–Crippen LogP) is 5.70. The Bertz CT molecular complexity index is 1150. The molecule has 0 aliphatic rings. The fraction of sp³-hybridized carbons (Fsp3) is 0.269. The predicted molar refractivity (Wildman–Crippen MR) is 128 cm³/mol. The third-order valence-corrected chi connectivity index (χ3v) is 6.84. The van der Waals surface area contributed by atoms with Gasteiger partial charge in [-0.1, -0.05) is 61.9 Å². The van der Waals surface area contributed by atoms with Crippen LogP contribution >= 0.6 is 0 Å². The minimum Gasteiger partial charge on any atom is -0.478 e. The number of para-hydroxylation sites is 1. The largest absolute Gasteiger partial charge is 0.478 e. The Labute approximate surface area is 190 Å². The van der Waals surface area contributed by atoms with Gasteiger partial charge in [0, 0.05) is 0 Å². The van der Waals surface area contributed by atoms with Gasteiger partial charge in [-0.15, -0.1) is 0 Å². The highest BCUT2D eigenvalue weighted by atomic mass is 32.2. The maximum atomic E-state index is 12.9. The molecule has 2 N–H and O–H groups in total. The number of benzene rings is 3. The molecule has 0 saturated heterocycles. The van der Waals surface area contributed by atoms with Gasteiger partial charge in [0.2, 0.25) is 0 Å². The Hall–Kier alpha value is -3.12. The Morgan fingerprint density at radius 3 is 2.12 bits per heavy atom. The molecule has 0 radical (unpaired) electrons. The second-order valence-corrected chi connectivity index (χ2v) is 9.51. The number of aryl methyl sites for hydroxylation is 3. The SMILES string of the molecule is CCCCc1ccc(S(=O)(=O)Nc2ccccc2CCCc2ccccc2C(=O)O)cc1. The van der Waals surface area contributed by atoms with Crippen LogP contribution in [0.4, 0.5) is 5.69 Å². The average molecular weight is 452 g/mol. The summed E-state index contributed by atoms with van der Waals surface area (Å²) >= 11 is 0. The standard InChI is InChI=1S/C26H29NO4S/c1-2-3-9-20-16-18-23(19-17-20)32(30,31)27-25-15-7-5-11-22(25)13-8-12-21-10-4-6-14-24(21)26(28)29/h4-7,10-11,14-19,27H,2-3,8-9,12-13H2,1H3,(H,28,29). The van der Waals surface area contributed by atoms with E-state index in [1.54, 1.807) is 36.4 Å². The molecule has 5 nitrogen and oxygen atoms in total. The van der Waals surface area contributed by atoms with Crippen molar-refractivity contribution < 1.29 is 18.3 Å². The van der Waals surface area contributed by atoms with Gasteiger partial charge in [-0.2, -0.15) is 0 Å². The summed E-state index contributed by atoms with van der Waals surface area (Å²) in [6, 6.07) is 21.3. The van der Waals surface area contributed by atoms with Crippen molar-refractivity contribution in [1.29, 1.82) is 0 Å². The summed E-state index contributed by atoms with van der Waals surface area (Å²) in [5.74, 6) is -0.936. The Morgan fingerprint density at radius 1 is 0.812 bits per heavy atom. The van der Waals surface area contributed by atoms with E-state index in [0.29, 0.717) is 30.5 Å². The lowest BCUT2D eigenvalue weighted by molar-refractivity contribution is 0.0695. The molecule has 0 atom stereocenters. The third-order valence-electron chi connectivity index (χ3n) is 5.45. The fourth-order valence-corrected chi connectivity index (χ4v) is 4.77. The molecule has 6 heteroatoms. The number of unbranched alkanes of at least 4 members (excludes halogenated alkanes) is 1. The van der Waals surface area contributed by atoms with Crippen molar-refractivity contribution in [2.75, 3.05) is 4.72 Å². The van der Waals surface area contributed by atoms with E-state index in [1.165, 1.54) is 0 Å². The molecule has 168 valence electrons. The van der Waals surface area contributed by atoms with E-state index in [9.17, 15) is 18.3 Å². The van der Waals surface area contributed by atoms with Crippen molar-refractivity contribution in [2.24, 2.45) is 0 Å². The molecular weight excluding hydrogens is 422 g/mol. The number of aromatic carboxylic acids is 1. The number of carbonyl (C=O) groups is 1. The van der Waals surface area contributed by atoms with E-state index in [1.807, 2.05) is 36.4 Å². The Morgan fingerprint density at radius 2 is 1.44 bits per heavy atom. The molecule has 0 amide bonds. The molecule has 0 saturated carbocycles. The van der Waals surface area contributed by atoms with E-state index < -0.39 is 16.0 Å². The number of hydrogen-bond acceptors (Lipinski definition) is 3. The van der Waals surface area contributed by atoms with Crippen LogP contribution in [0.1, 0.15) is 53.2 Å². The molecule has 3 aromatic carbocycles. The molecule has 0 aromatic heterocycles. The molecule has 0 heterocycles. The van der Waals surface area contributed by atoms with Gasteiger partial charge in [-0.3, -0.25) is 4.72 Å². The van der Waals surface area contributed by atoms with Crippen LogP contribution in [0.5, 0.6) is 0 Å². The van der Waals surface area contributed by atoms with Crippen molar-refractivity contribution in [2.45, 2.75) is 50.3 Å². The quantitative estimate of drug-likeness (QED) is 0.391. The first-order chi connectivity index (χ1) is 15.4. The minimum atomic E-state index is -3.70. The number of carboxylic acids is 1. The summed E-state index contributed by atoms with van der Waals surface area (Å²) in [5, 5.41) is 9.34. The van der Waals surface area contributed by atoms with Gasteiger partial charge in [0.25, 0.3) is 10.0 Å². The Kier molecular flexibility index (Phi) is 8.06. The number of sulfonamides is 1. The first-order valence-electron chi connectivity index (χ1n) is 10.9. The average Bonchev–Trinajstić information content (AvgIpc) is 2.79. The summed E-state index contributed by atoms with van der Waals surface area (Å²) in [6.45, 7) is 2.13. The zero-order valence-electron chi connectivity index (χ0n) is 18.3. The van der Waals surface area contributed by atoms with Gasteiger partial charge in [0.15, 0.2) is 0 Å². The second-order valence-electron chi connectivity index (χ2n) is 7.83. The Balaban J connectivity index is 1.69. The van der Waals surface area contributed by atoms with Crippen LogP contribution in [0.3, 0.4) is 0 Å². The number of hydrogen-bond donors (Lipinski definition) is 2. The van der Waals surface area contributed by atoms with Crippen LogP contribution in [0, 0.1) is 0 Å². The van der Waals surface area contributed by atoms with Crippen molar-refractivity contribution in [3.05, 3.63) is 95.1 Å². The normalized spacial score (nSPS) is 11.3. The van der Waals surface area contributed by atoms with Crippen LogP contribution in [0.25, 0.3) is 0 Å². The van der Waals surface area contributed by atoms with Crippen LogP contribution < -0.4 is 4.72 Å². The first-order valence-corrected chi connectivity index (χ1v) is 12.4. The molecule has 0 fully saturated rings. The van der Waals surface area contributed by atoms with Gasteiger partial charge in [-0.25, -0.2) is 13.2 Å². The lowest BCUT2D eigenvalue weighted by Crippen LogP contribution is -2.14. The highest BCUT2D eigenvalue weighted by Gasteiger charge is 2.16. The molecule has 0 spiro atoms. The highest BCUT2D eigenvalue weighted by Crippen LogP contribution is 2.23. The molecule has 0 bridgehead atoms. The van der Waals surface area contributed by atoms with Gasteiger partial charge in [0.05, 0.1) is 16.1 Å². The van der Waals surface area contributed by atoms with Crippen molar-refractivity contribution in [3.63, 3.8) is 0 Å². The number of rotatable bonds is 11. The van der Waals surface area contributed by atoms with Crippen LogP contribution in [0.2, 0.25) is 0 Å². The molecule has 3 aromatic rings. The van der Waals surface area contributed by atoms with Gasteiger partial charge in [0.1, 0.15) is 0 Å². The maximum Gasteiger partial charge on any atom is 0.335 e. The van der Waals surface area contributed by atoms with Crippen LogP contribution in [-0.4, -0.2) is 19.5 Å². The summed E-state index contributed by atoms with van der Waals surface area (Å²) in [6.07, 6.45) is 5.05. The fourth-order valence-electron chi connectivity index (χ4n) is 3.67. The van der Waals surface area contributed by atoms with E-state index in [2.05, 4.69) is 11.6 Å². The van der Waals surface area contributed by atoms with Crippen molar-refractivity contribution >= 4 is 21.7 Å². The van der Waals surface area contributed by atoms with Crippen LogP contribution in [-0.2, 0) is 29.3 Å². The number of carboxylic acid groups (broad SMARTS) is 1. The van der Waals surface area contributed by atoms with E-state index in [-0.39, 0.29) is 4.90 Å². The zero-order valence-corrected chi connectivity index (χ0v) is 19.1. The summed E-state index contributed by atoms with van der Waals surface area (Å²) < 4.78 is 28.6. The van der Waals surface area contributed by atoms with E-state index in [0.717, 1.165) is 36.0 Å². The zero-order chi connectivity index (χ0) is 23.0. The summed E-state index contributed by atoms with van der Waals surface area (Å²) in [7, 11) is -3.70. The van der Waals surface area contributed by atoms with Crippen LogP contribution in [0.15, 0.2) is 77.7 Å². The summed E-state index contributed by atoms with van der Waals surface area (Å²) in [5.41, 5.74) is 3.65. The number of nitrogens with one attached hydrogen (secondary N) is 1. The van der Waals surface area contributed by atoms with E-state index in [4.69, 9.17) is 0 Å². The highest BCUT2D eigenvalue weighted by molar-refractivity contribution is 7.92. The molecule has 32 heavy (non-hydrogen) atoms. The summed E-state index contributed by atoms with van der Waals surface area (Å²) in [4.78, 5) is 11.6. The van der Waals surface area contributed by atoms with Gasteiger partial charge in [-0.05, 0) is 73.1 Å².